The number of rotatable bonds is 4. The number of benzene rings is 2. The van der Waals surface area contributed by atoms with Crippen molar-refractivity contribution in [3.05, 3.63) is 42.5 Å². The maximum Gasteiger partial charge on any atom is 0.409 e. The van der Waals surface area contributed by atoms with Gasteiger partial charge in [0.25, 0.3) is 0 Å². The maximum absolute atomic E-state index is 12.6. The van der Waals surface area contributed by atoms with Gasteiger partial charge in [0.05, 0.1) is 12.6 Å². The lowest BCUT2D eigenvalue weighted by molar-refractivity contribution is -0.121. The van der Waals surface area contributed by atoms with Crippen molar-refractivity contribution in [2.24, 2.45) is 0 Å². The van der Waals surface area contributed by atoms with E-state index in [9.17, 15) is 9.59 Å². The van der Waals surface area contributed by atoms with Crippen molar-refractivity contribution in [2.75, 3.05) is 38.1 Å². The first-order valence-corrected chi connectivity index (χ1v) is 9.04. The van der Waals surface area contributed by atoms with E-state index in [2.05, 4.69) is 10.2 Å². The average molecular weight is 355 g/mol. The Labute approximate surface area is 153 Å². The van der Waals surface area contributed by atoms with Gasteiger partial charge in [0.2, 0.25) is 5.91 Å². The number of ether oxygens (including phenoxy) is 1. The van der Waals surface area contributed by atoms with Crippen LogP contribution in [0.1, 0.15) is 13.8 Å². The summed E-state index contributed by atoms with van der Waals surface area (Å²) >= 11 is 0. The van der Waals surface area contributed by atoms with Crippen molar-refractivity contribution >= 4 is 28.5 Å². The smallest absolute Gasteiger partial charge is 0.409 e. The number of hydrogen-bond donors (Lipinski definition) is 1. The van der Waals surface area contributed by atoms with Gasteiger partial charge in [-0.25, -0.2) is 4.79 Å². The normalized spacial score (nSPS) is 16.3. The molecule has 26 heavy (non-hydrogen) atoms. The molecule has 0 bridgehead atoms. The lowest BCUT2D eigenvalue weighted by Crippen LogP contribution is -2.54. The van der Waals surface area contributed by atoms with E-state index in [0.29, 0.717) is 32.8 Å². The molecule has 2 aromatic carbocycles. The molecule has 1 saturated heterocycles. The molecule has 1 unspecified atom stereocenters. The molecule has 1 heterocycles. The summed E-state index contributed by atoms with van der Waals surface area (Å²) in [6.45, 7) is 6.54. The summed E-state index contributed by atoms with van der Waals surface area (Å²) in [5, 5.41) is 5.24. The predicted octanol–water partition coefficient (Wildman–Crippen LogP) is 2.94. The van der Waals surface area contributed by atoms with E-state index < -0.39 is 0 Å². The SMILES string of the molecule is CCOC(=O)N1CCN(C(C)C(=O)Nc2ccc3ccccc3c2)CC1. The number of carbonyl (C=O) groups is 2. The summed E-state index contributed by atoms with van der Waals surface area (Å²) < 4.78 is 5.03. The monoisotopic (exact) mass is 355 g/mol. The maximum atomic E-state index is 12.6. The molecule has 0 saturated carbocycles. The van der Waals surface area contributed by atoms with Crippen LogP contribution in [0, 0.1) is 0 Å². The highest BCUT2D eigenvalue weighted by molar-refractivity contribution is 5.97. The molecule has 1 atom stereocenters. The highest BCUT2D eigenvalue weighted by Crippen LogP contribution is 2.19. The molecule has 6 heteroatoms. The van der Waals surface area contributed by atoms with Crippen LogP contribution in [0.2, 0.25) is 0 Å². The summed E-state index contributed by atoms with van der Waals surface area (Å²) in [6, 6.07) is 13.7. The Morgan fingerprint density at radius 2 is 1.77 bits per heavy atom. The standard InChI is InChI=1S/C20H25N3O3/c1-3-26-20(25)23-12-10-22(11-13-23)15(2)19(24)21-18-9-8-16-6-4-5-7-17(16)14-18/h4-9,14-15H,3,10-13H2,1-2H3,(H,21,24). The van der Waals surface area contributed by atoms with Crippen LogP contribution in [0.25, 0.3) is 10.8 Å². The number of amides is 2. The quantitative estimate of drug-likeness (QED) is 0.916. The second kappa shape index (κ2) is 8.19. The molecule has 1 aliphatic rings. The Balaban J connectivity index is 1.57. The van der Waals surface area contributed by atoms with Gasteiger partial charge < -0.3 is 15.0 Å². The van der Waals surface area contributed by atoms with Crippen molar-refractivity contribution in [3.8, 4) is 0 Å². The zero-order valence-electron chi connectivity index (χ0n) is 15.3. The minimum absolute atomic E-state index is 0.0372. The fourth-order valence-electron chi connectivity index (χ4n) is 3.19. The van der Waals surface area contributed by atoms with E-state index in [4.69, 9.17) is 4.74 Å². The molecule has 1 fully saturated rings. The van der Waals surface area contributed by atoms with Crippen LogP contribution in [-0.4, -0.2) is 60.6 Å². The van der Waals surface area contributed by atoms with E-state index in [1.165, 1.54) is 0 Å². The molecule has 2 amide bonds. The van der Waals surface area contributed by atoms with Crippen molar-refractivity contribution < 1.29 is 14.3 Å². The van der Waals surface area contributed by atoms with Crippen LogP contribution in [-0.2, 0) is 9.53 Å². The number of carbonyl (C=O) groups excluding carboxylic acids is 2. The first-order chi connectivity index (χ1) is 12.6. The third kappa shape index (κ3) is 4.14. The Kier molecular flexibility index (Phi) is 5.73. The lowest BCUT2D eigenvalue weighted by Gasteiger charge is -2.36. The topological polar surface area (TPSA) is 61.9 Å². The van der Waals surface area contributed by atoms with E-state index in [1.807, 2.05) is 49.4 Å². The molecule has 6 nitrogen and oxygen atoms in total. The molecule has 0 spiro atoms. The van der Waals surface area contributed by atoms with Crippen molar-refractivity contribution in [3.63, 3.8) is 0 Å². The third-order valence-corrected chi connectivity index (χ3v) is 4.78. The van der Waals surface area contributed by atoms with Crippen LogP contribution in [0.4, 0.5) is 10.5 Å². The molecular formula is C20H25N3O3. The fraction of sp³-hybridized carbons (Fsp3) is 0.400. The van der Waals surface area contributed by atoms with Gasteiger partial charge >= 0.3 is 6.09 Å². The molecule has 2 aromatic rings. The van der Waals surface area contributed by atoms with Crippen LogP contribution >= 0.6 is 0 Å². The van der Waals surface area contributed by atoms with Crippen LogP contribution in [0.3, 0.4) is 0 Å². The molecule has 1 aliphatic heterocycles. The van der Waals surface area contributed by atoms with E-state index in [0.717, 1.165) is 16.5 Å². The molecule has 3 rings (SSSR count). The number of fused-ring (bicyclic) bond motifs is 1. The van der Waals surface area contributed by atoms with Crippen molar-refractivity contribution in [1.29, 1.82) is 0 Å². The molecule has 0 aliphatic carbocycles. The van der Waals surface area contributed by atoms with Crippen LogP contribution in [0.15, 0.2) is 42.5 Å². The Hall–Kier alpha value is -2.60. The van der Waals surface area contributed by atoms with Crippen molar-refractivity contribution in [2.45, 2.75) is 19.9 Å². The first-order valence-electron chi connectivity index (χ1n) is 9.04. The summed E-state index contributed by atoms with van der Waals surface area (Å²) in [6.07, 6.45) is -0.277. The van der Waals surface area contributed by atoms with Gasteiger partial charge in [-0.1, -0.05) is 30.3 Å². The second-order valence-electron chi connectivity index (χ2n) is 6.45. The van der Waals surface area contributed by atoms with Gasteiger partial charge in [-0.15, -0.1) is 0 Å². The Morgan fingerprint density at radius 1 is 1.08 bits per heavy atom. The second-order valence-corrected chi connectivity index (χ2v) is 6.45. The lowest BCUT2D eigenvalue weighted by atomic mass is 10.1. The molecule has 138 valence electrons. The molecule has 0 radical (unpaired) electrons. The van der Waals surface area contributed by atoms with Crippen LogP contribution in [0.5, 0.6) is 0 Å². The zero-order chi connectivity index (χ0) is 18.5. The van der Waals surface area contributed by atoms with Gasteiger partial charge in [0.15, 0.2) is 0 Å². The zero-order valence-corrected chi connectivity index (χ0v) is 15.3. The molecule has 0 aromatic heterocycles. The van der Waals surface area contributed by atoms with Gasteiger partial charge in [-0.2, -0.15) is 0 Å². The van der Waals surface area contributed by atoms with E-state index in [-0.39, 0.29) is 18.0 Å². The van der Waals surface area contributed by atoms with Gasteiger partial charge in [0.1, 0.15) is 0 Å². The summed E-state index contributed by atoms with van der Waals surface area (Å²) in [5.41, 5.74) is 0.797. The molecular weight excluding hydrogens is 330 g/mol. The highest BCUT2D eigenvalue weighted by Gasteiger charge is 2.28. The fourth-order valence-corrected chi connectivity index (χ4v) is 3.19. The average Bonchev–Trinajstić information content (AvgIpc) is 2.67. The largest absolute Gasteiger partial charge is 0.450 e. The van der Waals surface area contributed by atoms with E-state index in [1.54, 1.807) is 11.8 Å². The highest BCUT2D eigenvalue weighted by atomic mass is 16.6. The summed E-state index contributed by atoms with van der Waals surface area (Å²) in [5.74, 6) is -0.0372. The summed E-state index contributed by atoms with van der Waals surface area (Å²) in [7, 11) is 0. The van der Waals surface area contributed by atoms with Gasteiger partial charge in [-0.05, 0) is 36.8 Å². The van der Waals surface area contributed by atoms with Gasteiger partial charge in [-0.3, -0.25) is 9.69 Å². The minimum Gasteiger partial charge on any atom is -0.450 e. The number of hydrogen-bond acceptors (Lipinski definition) is 4. The number of piperazine rings is 1. The minimum atomic E-state index is -0.277. The predicted molar refractivity (Wildman–Crippen MR) is 102 cm³/mol. The first kappa shape index (κ1) is 18.2. The number of anilines is 1. The van der Waals surface area contributed by atoms with Crippen molar-refractivity contribution in [1.82, 2.24) is 9.80 Å². The molecule has 1 N–H and O–H groups in total. The number of nitrogens with one attached hydrogen (secondary N) is 1. The third-order valence-electron chi connectivity index (χ3n) is 4.78. The van der Waals surface area contributed by atoms with Crippen LogP contribution < -0.4 is 5.32 Å². The van der Waals surface area contributed by atoms with E-state index >= 15 is 0 Å². The summed E-state index contributed by atoms with van der Waals surface area (Å²) in [4.78, 5) is 28.1. The van der Waals surface area contributed by atoms with Gasteiger partial charge in [0, 0.05) is 31.9 Å². The number of nitrogens with zero attached hydrogens (tertiary/aromatic N) is 2. The Bertz CT molecular complexity index is 785. The Morgan fingerprint density at radius 3 is 2.46 bits per heavy atom.